The van der Waals surface area contributed by atoms with E-state index in [1.165, 1.54) is 0 Å². The van der Waals surface area contributed by atoms with Gasteiger partial charge in [-0.25, -0.2) is 4.98 Å². The first-order valence-corrected chi connectivity index (χ1v) is 9.44. The third kappa shape index (κ3) is 5.07. The van der Waals surface area contributed by atoms with Gasteiger partial charge in [-0.05, 0) is 30.0 Å². The molecule has 0 spiro atoms. The molecule has 27 heavy (non-hydrogen) atoms. The number of nitrogens with zero attached hydrogens (tertiary/aromatic N) is 3. The Labute approximate surface area is 160 Å². The summed E-state index contributed by atoms with van der Waals surface area (Å²) in [6.45, 7) is 11.0. The number of carbonyl (C=O) groups excluding carboxylic acids is 2. The topological polar surface area (TPSA) is 78.7 Å². The molecular formula is C20H29N5O2. The molecule has 0 bridgehead atoms. The molecule has 0 aliphatic carbocycles. The molecule has 2 aromatic heterocycles. The number of rotatable bonds is 5. The number of aromatic nitrogens is 2. The maximum Gasteiger partial charge on any atom is 0.237 e. The van der Waals surface area contributed by atoms with Crippen LogP contribution in [0.15, 0.2) is 24.5 Å². The molecule has 1 unspecified atom stereocenters. The Kier molecular flexibility index (Phi) is 5.51. The van der Waals surface area contributed by atoms with Crippen molar-refractivity contribution in [3.05, 3.63) is 35.8 Å². The van der Waals surface area contributed by atoms with Crippen molar-refractivity contribution in [2.45, 2.75) is 46.7 Å². The number of nitrogens with one attached hydrogen (secondary N) is 2. The fourth-order valence-electron chi connectivity index (χ4n) is 3.44. The van der Waals surface area contributed by atoms with Crippen molar-refractivity contribution in [2.75, 3.05) is 19.6 Å². The van der Waals surface area contributed by atoms with Gasteiger partial charge in [0.05, 0.1) is 24.7 Å². The molecule has 0 radical (unpaired) electrons. The van der Waals surface area contributed by atoms with Gasteiger partial charge in [-0.3, -0.25) is 14.5 Å². The number of hydrogen-bond acceptors (Lipinski definition) is 4. The minimum absolute atomic E-state index is 0.0659. The number of fused-ring (bicyclic) bond motifs is 1. The monoisotopic (exact) mass is 371 g/mol. The summed E-state index contributed by atoms with van der Waals surface area (Å²) in [5.41, 5.74) is 2.88. The molecule has 1 aliphatic rings. The fourth-order valence-corrected chi connectivity index (χ4v) is 3.44. The van der Waals surface area contributed by atoms with E-state index >= 15 is 0 Å². The minimum atomic E-state index is -0.415. The Bertz CT molecular complexity index is 836. The lowest BCUT2D eigenvalue weighted by atomic mass is 9.94. The van der Waals surface area contributed by atoms with Crippen LogP contribution in [0.25, 0.3) is 5.65 Å². The average molecular weight is 371 g/mol. The van der Waals surface area contributed by atoms with E-state index in [1.54, 1.807) is 0 Å². The quantitative estimate of drug-likeness (QED) is 0.835. The summed E-state index contributed by atoms with van der Waals surface area (Å²) in [5, 5.41) is 5.78. The van der Waals surface area contributed by atoms with Crippen LogP contribution >= 0.6 is 0 Å². The highest BCUT2D eigenvalue weighted by molar-refractivity contribution is 5.88. The van der Waals surface area contributed by atoms with Gasteiger partial charge in [-0.1, -0.05) is 20.8 Å². The van der Waals surface area contributed by atoms with Crippen molar-refractivity contribution < 1.29 is 9.59 Å². The summed E-state index contributed by atoms with van der Waals surface area (Å²) in [6, 6.07) is 3.60. The third-order valence-corrected chi connectivity index (χ3v) is 4.63. The predicted molar refractivity (Wildman–Crippen MR) is 104 cm³/mol. The zero-order valence-electron chi connectivity index (χ0n) is 16.6. The van der Waals surface area contributed by atoms with E-state index in [4.69, 9.17) is 0 Å². The summed E-state index contributed by atoms with van der Waals surface area (Å²) in [5.74, 6) is -0.201. The van der Waals surface area contributed by atoms with E-state index in [2.05, 4.69) is 41.3 Å². The van der Waals surface area contributed by atoms with Crippen molar-refractivity contribution in [3.8, 4) is 0 Å². The van der Waals surface area contributed by atoms with Crippen molar-refractivity contribution in [1.29, 1.82) is 0 Å². The minimum Gasteiger partial charge on any atom is -0.353 e. The molecule has 7 heteroatoms. The maximum atomic E-state index is 12.5. The van der Waals surface area contributed by atoms with E-state index in [0.29, 0.717) is 13.1 Å². The molecule has 2 amide bonds. The highest BCUT2D eigenvalue weighted by Gasteiger charge is 2.33. The van der Waals surface area contributed by atoms with E-state index in [-0.39, 0.29) is 23.7 Å². The molecule has 3 rings (SSSR count). The van der Waals surface area contributed by atoms with E-state index in [0.717, 1.165) is 30.0 Å². The van der Waals surface area contributed by atoms with Crippen LogP contribution in [0, 0.1) is 12.3 Å². The summed E-state index contributed by atoms with van der Waals surface area (Å²) in [4.78, 5) is 31.4. The molecule has 0 saturated carbocycles. The number of amides is 2. The van der Waals surface area contributed by atoms with E-state index < -0.39 is 6.04 Å². The van der Waals surface area contributed by atoms with Crippen LogP contribution in [0.5, 0.6) is 0 Å². The number of pyridine rings is 1. The van der Waals surface area contributed by atoms with Crippen molar-refractivity contribution in [1.82, 2.24) is 24.9 Å². The molecule has 2 N–H and O–H groups in total. The van der Waals surface area contributed by atoms with Crippen molar-refractivity contribution in [2.24, 2.45) is 5.41 Å². The second-order valence-electron chi connectivity index (χ2n) is 8.52. The van der Waals surface area contributed by atoms with Gasteiger partial charge in [-0.15, -0.1) is 0 Å². The van der Waals surface area contributed by atoms with Gasteiger partial charge in [0.25, 0.3) is 0 Å². The lowest BCUT2D eigenvalue weighted by Gasteiger charge is -2.38. The predicted octanol–water partition coefficient (Wildman–Crippen LogP) is 1.50. The van der Waals surface area contributed by atoms with Gasteiger partial charge < -0.3 is 15.0 Å². The van der Waals surface area contributed by atoms with Crippen LogP contribution in [0.3, 0.4) is 0 Å². The molecule has 1 fully saturated rings. The Hall–Kier alpha value is -2.41. The average Bonchev–Trinajstić information content (AvgIpc) is 2.97. The molecular weight excluding hydrogens is 342 g/mol. The normalized spacial score (nSPS) is 18.5. The lowest BCUT2D eigenvalue weighted by Crippen LogP contribution is -2.58. The van der Waals surface area contributed by atoms with Gasteiger partial charge in [0, 0.05) is 32.0 Å². The number of carbonyl (C=O) groups is 2. The van der Waals surface area contributed by atoms with Crippen LogP contribution in [0.1, 0.15) is 38.4 Å². The Morgan fingerprint density at radius 3 is 2.93 bits per heavy atom. The van der Waals surface area contributed by atoms with Gasteiger partial charge in [0.1, 0.15) is 5.65 Å². The Morgan fingerprint density at radius 2 is 2.19 bits per heavy atom. The Morgan fingerprint density at radius 1 is 1.41 bits per heavy atom. The highest BCUT2D eigenvalue weighted by Crippen LogP contribution is 2.19. The molecule has 3 heterocycles. The van der Waals surface area contributed by atoms with Crippen LogP contribution in [-0.4, -0.2) is 51.8 Å². The molecule has 0 aromatic carbocycles. The maximum absolute atomic E-state index is 12.5. The number of hydrogen-bond donors (Lipinski definition) is 2. The summed E-state index contributed by atoms with van der Waals surface area (Å²) in [6.07, 6.45) is 4.03. The van der Waals surface area contributed by atoms with Crippen molar-refractivity contribution in [3.63, 3.8) is 0 Å². The van der Waals surface area contributed by atoms with E-state index in [1.807, 2.05) is 35.9 Å². The first-order chi connectivity index (χ1) is 12.7. The largest absolute Gasteiger partial charge is 0.353 e. The molecule has 7 nitrogen and oxygen atoms in total. The van der Waals surface area contributed by atoms with Crippen LogP contribution in [-0.2, 0) is 16.1 Å². The van der Waals surface area contributed by atoms with Crippen LogP contribution in [0.2, 0.25) is 0 Å². The standard InChI is InChI=1S/C20H29N5O2/c1-14-5-7-24-12-15(23-17(24)9-14)11-22-18(26)10-16-19(27)21-6-8-25(16)13-20(2,3)4/h5,7,9,12,16H,6,8,10-11,13H2,1-4H3,(H,21,27)(H,22,26). The SMILES string of the molecule is Cc1ccn2cc(CNC(=O)CC3C(=O)NCCN3CC(C)(C)C)nc2c1. The number of piperazine rings is 1. The fraction of sp³-hybridized carbons (Fsp3) is 0.550. The van der Waals surface area contributed by atoms with Gasteiger partial charge >= 0.3 is 0 Å². The second-order valence-corrected chi connectivity index (χ2v) is 8.52. The molecule has 1 aliphatic heterocycles. The van der Waals surface area contributed by atoms with Crippen LogP contribution < -0.4 is 10.6 Å². The number of imidazole rings is 1. The van der Waals surface area contributed by atoms with E-state index in [9.17, 15) is 9.59 Å². The van der Waals surface area contributed by atoms with Gasteiger partial charge in [0.2, 0.25) is 11.8 Å². The summed E-state index contributed by atoms with van der Waals surface area (Å²) in [7, 11) is 0. The highest BCUT2D eigenvalue weighted by atomic mass is 16.2. The Balaban J connectivity index is 1.60. The zero-order chi connectivity index (χ0) is 19.6. The molecule has 1 saturated heterocycles. The van der Waals surface area contributed by atoms with Gasteiger partial charge in [-0.2, -0.15) is 0 Å². The molecule has 2 aromatic rings. The third-order valence-electron chi connectivity index (χ3n) is 4.63. The molecule has 146 valence electrons. The first-order valence-electron chi connectivity index (χ1n) is 9.44. The van der Waals surface area contributed by atoms with Gasteiger partial charge in [0.15, 0.2) is 0 Å². The van der Waals surface area contributed by atoms with Crippen LogP contribution in [0.4, 0.5) is 0 Å². The lowest BCUT2D eigenvalue weighted by molar-refractivity contribution is -0.134. The molecule has 1 atom stereocenters. The van der Waals surface area contributed by atoms with Crippen molar-refractivity contribution >= 4 is 17.5 Å². The summed E-state index contributed by atoms with van der Waals surface area (Å²) >= 11 is 0. The smallest absolute Gasteiger partial charge is 0.237 e. The number of aryl methyl sites for hydroxylation is 1. The summed E-state index contributed by atoms with van der Waals surface area (Å²) < 4.78 is 1.94. The zero-order valence-corrected chi connectivity index (χ0v) is 16.6. The second kappa shape index (κ2) is 7.68. The first kappa shape index (κ1) is 19.4.